The van der Waals surface area contributed by atoms with Gasteiger partial charge in [-0.1, -0.05) is 18.2 Å². The first-order chi connectivity index (χ1) is 6.11. The number of carbonyl (C=O) groups is 1. The first kappa shape index (κ1) is 10.5. The second-order valence-corrected chi connectivity index (χ2v) is 3.47. The van der Waals surface area contributed by atoms with Gasteiger partial charge in [0.05, 0.1) is 0 Å². The van der Waals surface area contributed by atoms with Crippen LogP contribution in [0.25, 0.3) is 0 Å². The van der Waals surface area contributed by atoms with Crippen molar-refractivity contribution in [3.8, 4) is 0 Å². The van der Waals surface area contributed by atoms with Gasteiger partial charge in [-0.3, -0.25) is 4.79 Å². The Kier molecular flexibility index (Phi) is 3.70. The molecule has 0 aliphatic heterocycles. The molecule has 1 aromatic carbocycles. The highest BCUT2D eigenvalue weighted by Crippen LogP contribution is 2.13. The van der Waals surface area contributed by atoms with Crippen molar-refractivity contribution in [1.82, 2.24) is 0 Å². The standard InChI is InChI=1S/C9H7Cl2FO/c10-7(9(11)13)5-6-3-1-2-4-8(6)12/h1-4,7H,5H2. The molecule has 0 aromatic heterocycles. The third-order valence-electron chi connectivity index (χ3n) is 1.60. The maximum Gasteiger partial charge on any atom is 0.239 e. The molecule has 0 bridgehead atoms. The molecule has 0 aliphatic carbocycles. The van der Waals surface area contributed by atoms with Crippen LogP contribution in [0, 0.1) is 5.82 Å². The molecule has 0 amide bonds. The summed E-state index contributed by atoms with van der Waals surface area (Å²) < 4.78 is 13.0. The van der Waals surface area contributed by atoms with E-state index >= 15 is 0 Å². The average molecular weight is 221 g/mol. The normalized spacial score (nSPS) is 12.5. The van der Waals surface area contributed by atoms with E-state index in [9.17, 15) is 9.18 Å². The van der Waals surface area contributed by atoms with E-state index in [0.717, 1.165) is 0 Å². The summed E-state index contributed by atoms with van der Waals surface area (Å²) in [5, 5.41) is -1.52. The Labute approximate surface area is 85.5 Å². The minimum Gasteiger partial charge on any atom is -0.280 e. The molecule has 1 unspecified atom stereocenters. The van der Waals surface area contributed by atoms with Gasteiger partial charge in [-0.05, 0) is 29.7 Å². The molecular weight excluding hydrogens is 214 g/mol. The Hall–Kier alpha value is -0.600. The Morgan fingerprint density at radius 1 is 1.46 bits per heavy atom. The Balaban J connectivity index is 2.74. The van der Waals surface area contributed by atoms with E-state index in [0.29, 0.717) is 5.56 Å². The van der Waals surface area contributed by atoms with E-state index in [1.165, 1.54) is 6.07 Å². The zero-order valence-electron chi connectivity index (χ0n) is 6.64. The molecule has 0 saturated carbocycles. The fraction of sp³-hybridized carbons (Fsp3) is 0.222. The maximum absolute atomic E-state index is 13.0. The molecular formula is C9H7Cl2FO. The van der Waals surface area contributed by atoms with E-state index in [4.69, 9.17) is 23.2 Å². The molecule has 1 nitrogen and oxygen atoms in total. The van der Waals surface area contributed by atoms with Crippen molar-refractivity contribution in [1.29, 1.82) is 0 Å². The van der Waals surface area contributed by atoms with Crippen LogP contribution in [0.5, 0.6) is 0 Å². The summed E-state index contributed by atoms with van der Waals surface area (Å²) in [6, 6.07) is 6.15. The van der Waals surface area contributed by atoms with Crippen molar-refractivity contribution in [3.05, 3.63) is 35.6 Å². The van der Waals surface area contributed by atoms with Crippen molar-refractivity contribution in [2.45, 2.75) is 11.8 Å². The van der Waals surface area contributed by atoms with Gasteiger partial charge in [-0.2, -0.15) is 0 Å². The van der Waals surface area contributed by atoms with E-state index in [1.807, 2.05) is 0 Å². The van der Waals surface area contributed by atoms with Crippen molar-refractivity contribution >= 4 is 28.4 Å². The fourth-order valence-electron chi connectivity index (χ4n) is 0.937. The molecule has 1 rings (SSSR count). The zero-order chi connectivity index (χ0) is 9.84. The largest absolute Gasteiger partial charge is 0.280 e. The summed E-state index contributed by atoms with van der Waals surface area (Å²) in [5.41, 5.74) is 0.400. The Morgan fingerprint density at radius 3 is 2.62 bits per heavy atom. The van der Waals surface area contributed by atoms with Gasteiger partial charge in [0, 0.05) is 0 Å². The van der Waals surface area contributed by atoms with Gasteiger partial charge in [-0.15, -0.1) is 11.6 Å². The lowest BCUT2D eigenvalue weighted by molar-refractivity contribution is -0.111. The van der Waals surface area contributed by atoms with Crippen LogP contribution in [0.2, 0.25) is 0 Å². The highest BCUT2D eigenvalue weighted by molar-refractivity contribution is 6.69. The lowest BCUT2D eigenvalue weighted by atomic mass is 10.1. The Bertz CT molecular complexity index is 314. The molecule has 1 atom stereocenters. The van der Waals surface area contributed by atoms with Crippen LogP contribution >= 0.6 is 23.2 Å². The van der Waals surface area contributed by atoms with E-state index < -0.39 is 10.6 Å². The van der Waals surface area contributed by atoms with Crippen LogP contribution in [0.4, 0.5) is 4.39 Å². The number of rotatable bonds is 3. The van der Waals surface area contributed by atoms with Gasteiger partial charge in [0.15, 0.2) is 0 Å². The van der Waals surface area contributed by atoms with E-state index in [2.05, 4.69) is 0 Å². The number of alkyl halides is 1. The van der Waals surface area contributed by atoms with Crippen LogP contribution in [0.1, 0.15) is 5.56 Å². The lowest BCUT2D eigenvalue weighted by Gasteiger charge is -2.04. The minimum absolute atomic E-state index is 0.122. The minimum atomic E-state index is -0.862. The third kappa shape index (κ3) is 2.98. The maximum atomic E-state index is 13.0. The van der Waals surface area contributed by atoms with Gasteiger partial charge in [-0.25, -0.2) is 4.39 Å². The van der Waals surface area contributed by atoms with Crippen molar-refractivity contribution in [3.63, 3.8) is 0 Å². The topological polar surface area (TPSA) is 17.1 Å². The van der Waals surface area contributed by atoms with Gasteiger partial charge < -0.3 is 0 Å². The second-order valence-electron chi connectivity index (χ2n) is 2.57. The highest BCUT2D eigenvalue weighted by atomic mass is 35.5. The molecule has 0 aliphatic rings. The summed E-state index contributed by atoms with van der Waals surface area (Å²) >= 11 is 10.7. The summed E-state index contributed by atoms with van der Waals surface area (Å²) in [6.07, 6.45) is 0.122. The quantitative estimate of drug-likeness (QED) is 0.566. The SMILES string of the molecule is O=C(Cl)C(Cl)Cc1ccccc1F. The summed E-state index contributed by atoms with van der Waals surface area (Å²) in [4.78, 5) is 10.6. The summed E-state index contributed by atoms with van der Waals surface area (Å²) in [7, 11) is 0. The number of benzene rings is 1. The van der Waals surface area contributed by atoms with Gasteiger partial charge in [0.2, 0.25) is 5.24 Å². The molecule has 0 N–H and O–H groups in total. The number of halogens is 3. The molecule has 0 heterocycles. The van der Waals surface area contributed by atoms with Crippen LogP contribution in [-0.2, 0) is 11.2 Å². The number of hydrogen-bond acceptors (Lipinski definition) is 1. The molecule has 13 heavy (non-hydrogen) atoms. The third-order valence-corrected chi connectivity index (χ3v) is 2.33. The van der Waals surface area contributed by atoms with Crippen molar-refractivity contribution < 1.29 is 9.18 Å². The number of carbonyl (C=O) groups excluding carboxylic acids is 1. The van der Waals surface area contributed by atoms with Crippen molar-refractivity contribution in [2.75, 3.05) is 0 Å². The van der Waals surface area contributed by atoms with Crippen LogP contribution in [0.3, 0.4) is 0 Å². The van der Waals surface area contributed by atoms with Crippen LogP contribution < -0.4 is 0 Å². The molecule has 0 saturated heterocycles. The molecule has 0 fully saturated rings. The molecule has 1 aromatic rings. The molecule has 0 radical (unpaired) electrons. The predicted molar refractivity (Wildman–Crippen MR) is 50.6 cm³/mol. The smallest absolute Gasteiger partial charge is 0.239 e. The highest BCUT2D eigenvalue weighted by Gasteiger charge is 2.14. The van der Waals surface area contributed by atoms with Crippen LogP contribution in [0.15, 0.2) is 24.3 Å². The Morgan fingerprint density at radius 2 is 2.08 bits per heavy atom. The first-order valence-electron chi connectivity index (χ1n) is 3.68. The monoisotopic (exact) mass is 220 g/mol. The summed E-state index contributed by atoms with van der Waals surface area (Å²) in [5.74, 6) is -0.369. The molecule has 4 heteroatoms. The lowest BCUT2D eigenvalue weighted by Crippen LogP contribution is -2.12. The van der Waals surface area contributed by atoms with E-state index in [1.54, 1.807) is 18.2 Å². The molecule has 70 valence electrons. The molecule has 0 spiro atoms. The van der Waals surface area contributed by atoms with E-state index in [-0.39, 0.29) is 12.2 Å². The fourth-order valence-corrected chi connectivity index (χ4v) is 1.18. The summed E-state index contributed by atoms with van der Waals surface area (Å²) in [6.45, 7) is 0. The predicted octanol–water partition coefficient (Wildman–Crippen LogP) is 2.74. The van der Waals surface area contributed by atoms with Crippen molar-refractivity contribution in [2.24, 2.45) is 0 Å². The van der Waals surface area contributed by atoms with Gasteiger partial charge in [0.1, 0.15) is 11.2 Å². The van der Waals surface area contributed by atoms with Gasteiger partial charge in [0.25, 0.3) is 0 Å². The second kappa shape index (κ2) is 4.58. The zero-order valence-corrected chi connectivity index (χ0v) is 8.15. The van der Waals surface area contributed by atoms with Gasteiger partial charge >= 0.3 is 0 Å². The average Bonchev–Trinajstić information content (AvgIpc) is 2.08. The van der Waals surface area contributed by atoms with Crippen LogP contribution in [-0.4, -0.2) is 10.6 Å². The first-order valence-corrected chi connectivity index (χ1v) is 4.49. The number of hydrogen-bond donors (Lipinski definition) is 0.